The molecule has 0 aromatic carbocycles. The van der Waals surface area contributed by atoms with Crippen LogP contribution in [0.3, 0.4) is 0 Å². The Bertz CT molecular complexity index is 475. The maximum Gasteiger partial charge on any atom is 0.113 e. The molecule has 2 aromatic rings. The zero-order valence-corrected chi connectivity index (χ0v) is 10.1. The summed E-state index contributed by atoms with van der Waals surface area (Å²) in [6.45, 7) is 6.26. The Morgan fingerprint density at radius 1 is 1.50 bits per heavy atom. The molecule has 0 aliphatic heterocycles. The molecule has 86 valence electrons. The summed E-state index contributed by atoms with van der Waals surface area (Å²) in [5.41, 5.74) is 2.12. The van der Waals surface area contributed by atoms with Crippen LogP contribution in [0.4, 0.5) is 0 Å². The lowest BCUT2D eigenvalue weighted by Crippen LogP contribution is -2.21. The molecule has 0 bridgehead atoms. The van der Waals surface area contributed by atoms with Crippen molar-refractivity contribution in [1.82, 2.24) is 19.9 Å². The van der Waals surface area contributed by atoms with Gasteiger partial charge in [-0.2, -0.15) is 0 Å². The Hall–Kier alpha value is -1.42. The molecule has 2 aromatic heterocycles. The largest absolute Gasteiger partial charge is 0.330 e. The lowest BCUT2D eigenvalue weighted by atomic mass is 10.1. The second-order valence-corrected chi connectivity index (χ2v) is 4.10. The zero-order chi connectivity index (χ0) is 11.5. The van der Waals surface area contributed by atoms with Gasteiger partial charge in [0, 0.05) is 25.7 Å². The van der Waals surface area contributed by atoms with Gasteiger partial charge >= 0.3 is 0 Å². The van der Waals surface area contributed by atoms with Gasteiger partial charge in [-0.1, -0.05) is 13.8 Å². The molecular formula is C12H18N4. The third kappa shape index (κ3) is 1.93. The van der Waals surface area contributed by atoms with E-state index in [-0.39, 0.29) is 0 Å². The standard InChI is InChI=1S/C12H18N4/c1-4-13-7-9(2)12-15-10-5-6-14-8-11(10)16(12)3/h5-6,8-9,13H,4,7H2,1-3H3. The summed E-state index contributed by atoms with van der Waals surface area (Å²) in [5, 5.41) is 3.35. The number of likely N-dealkylation sites (N-methyl/N-ethyl adjacent to an activating group) is 1. The lowest BCUT2D eigenvalue weighted by Gasteiger charge is -2.11. The smallest absolute Gasteiger partial charge is 0.113 e. The van der Waals surface area contributed by atoms with Gasteiger partial charge in [-0.15, -0.1) is 0 Å². The number of pyridine rings is 1. The maximum atomic E-state index is 4.65. The first-order valence-electron chi connectivity index (χ1n) is 5.71. The highest BCUT2D eigenvalue weighted by Crippen LogP contribution is 2.19. The Kier molecular flexibility index (Phi) is 3.19. The van der Waals surface area contributed by atoms with Gasteiger partial charge in [-0.05, 0) is 12.6 Å². The predicted molar refractivity (Wildman–Crippen MR) is 65.5 cm³/mol. The quantitative estimate of drug-likeness (QED) is 0.849. The third-order valence-corrected chi connectivity index (χ3v) is 2.86. The molecule has 0 saturated heterocycles. The second kappa shape index (κ2) is 4.61. The number of nitrogens with zero attached hydrogens (tertiary/aromatic N) is 3. The van der Waals surface area contributed by atoms with Crippen molar-refractivity contribution >= 4 is 11.0 Å². The van der Waals surface area contributed by atoms with E-state index in [1.165, 1.54) is 0 Å². The van der Waals surface area contributed by atoms with E-state index in [0.29, 0.717) is 5.92 Å². The number of imidazole rings is 1. The molecular weight excluding hydrogens is 200 g/mol. The van der Waals surface area contributed by atoms with Crippen molar-refractivity contribution in [1.29, 1.82) is 0 Å². The molecule has 4 heteroatoms. The summed E-state index contributed by atoms with van der Waals surface area (Å²) < 4.78 is 2.13. The molecule has 2 rings (SSSR count). The normalized spacial score (nSPS) is 13.2. The minimum atomic E-state index is 0.414. The van der Waals surface area contributed by atoms with Crippen LogP contribution in [0.25, 0.3) is 11.0 Å². The minimum Gasteiger partial charge on any atom is -0.330 e. The van der Waals surface area contributed by atoms with E-state index in [2.05, 4.69) is 40.7 Å². The van der Waals surface area contributed by atoms with Crippen molar-refractivity contribution in [2.24, 2.45) is 7.05 Å². The number of aryl methyl sites for hydroxylation is 1. The molecule has 2 heterocycles. The van der Waals surface area contributed by atoms with Crippen molar-refractivity contribution in [2.75, 3.05) is 13.1 Å². The summed E-state index contributed by atoms with van der Waals surface area (Å²) in [6, 6.07) is 1.96. The number of aromatic nitrogens is 3. The summed E-state index contributed by atoms with van der Waals surface area (Å²) in [5.74, 6) is 1.53. The minimum absolute atomic E-state index is 0.414. The Labute approximate surface area is 95.7 Å². The number of nitrogens with one attached hydrogen (secondary N) is 1. The summed E-state index contributed by atoms with van der Waals surface area (Å²) in [7, 11) is 2.05. The van der Waals surface area contributed by atoms with Crippen molar-refractivity contribution in [3.63, 3.8) is 0 Å². The highest BCUT2D eigenvalue weighted by atomic mass is 15.1. The highest BCUT2D eigenvalue weighted by Gasteiger charge is 2.13. The summed E-state index contributed by atoms with van der Waals surface area (Å²) in [6.07, 6.45) is 3.65. The molecule has 1 N–H and O–H groups in total. The van der Waals surface area contributed by atoms with Crippen LogP contribution in [0.2, 0.25) is 0 Å². The van der Waals surface area contributed by atoms with E-state index in [9.17, 15) is 0 Å². The number of fused-ring (bicyclic) bond motifs is 1. The topological polar surface area (TPSA) is 42.7 Å². The molecule has 0 aliphatic carbocycles. The monoisotopic (exact) mass is 218 g/mol. The molecule has 0 spiro atoms. The van der Waals surface area contributed by atoms with E-state index in [4.69, 9.17) is 0 Å². The first kappa shape index (κ1) is 11.1. The van der Waals surface area contributed by atoms with Crippen LogP contribution in [0.1, 0.15) is 25.6 Å². The molecule has 1 atom stereocenters. The molecule has 0 amide bonds. The van der Waals surface area contributed by atoms with Crippen LogP contribution in [-0.4, -0.2) is 27.6 Å². The number of rotatable bonds is 4. The van der Waals surface area contributed by atoms with Gasteiger partial charge in [-0.25, -0.2) is 4.98 Å². The average Bonchev–Trinajstić information content (AvgIpc) is 2.64. The Balaban J connectivity index is 2.33. The van der Waals surface area contributed by atoms with E-state index in [0.717, 1.165) is 29.9 Å². The second-order valence-electron chi connectivity index (χ2n) is 4.10. The van der Waals surface area contributed by atoms with Crippen LogP contribution in [-0.2, 0) is 7.05 Å². The predicted octanol–water partition coefficient (Wildman–Crippen LogP) is 1.68. The van der Waals surface area contributed by atoms with Gasteiger partial charge in [0.15, 0.2) is 0 Å². The molecule has 0 saturated carbocycles. The van der Waals surface area contributed by atoms with Crippen LogP contribution in [0.15, 0.2) is 18.5 Å². The molecule has 4 nitrogen and oxygen atoms in total. The maximum absolute atomic E-state index is 4.65. The fourth-order valence-electron chi connectivity index (χ4n) is 1.95. The Morgan fingerprint density at radius 3 is 3.00 bits per heavy atom. The Morgan fingerprint density at radius 2 is 2.31 bits per heavy atom. The molecule has 0 aliphatic rings. The molecule has 0 radical (unpaired) electrons. The molecule has 1 unspecified atom stereocenters. The van der Waals surface area contributed by atoms with Gasteiger partial charge in [0.25, 0.3) is 0 Å². The van der Waals surface area contributed by atoms with Gasteiger partial charge < -0.3 is 9.88 Å². The fraction of sp³-hybridized carbons (Fsp3) is 0.500. The van der Waals surface area contributed by atoms with Crippen molar-refractivity contribution in [3.8, 4) is 0 Å². The van der Waals surface area contributed by atoms with Crippen LogP contribution >= 0.6 is 0 Å². The third-order valence-electron chi connectivity index (χ3n) is 2.86. The lowest BCUT2D eigenvalue weighted by molar-refractivity contribution is 0.593. The number of hydrogen-bond acceptors (Lipinski definition) is 3. The fourth-order valence-corrected chi connectivity index (χ4v) is 1.95. The molecule has 0 fully saturated rings. The van der Waals surface area contributed by atoms with Crippen molar-refractivity contribution < 1.29 is 0 Å². The van der Waals surface area contributed by atoms with E-state index in [1.807, 2.05) is 12.3 Å². The number of hydrogen-bond donors (Lipinski definition) is 1. The summed E-state index contributed by atoms with van der Waals surface area (Å²) >= 11 is 0. The van der Waals surface area contributed by atoms with Crippen LogP contribution in [0.5, 0.6) is 0 Å². The average molecular weight is 218 g/mol. The summed E-state index contributed by atoms with van der Waals surface area (Å²) in [4.78, 5) is 8.78. The van der Waals surface area contributed by atoms with E-state index in [1.54, 1.807) is 6.20 Å². The van der Waals surface area contributed by atoms with Crippen molar-refractivity contribution in [3.05, 3.63) is 24.3 Å². The van der Waals surface area contributed by atoms with Crippen LogP contribution in [0, 0.1) is 0 Å². The van der Waals surface area contributed by atoms with Gasteiger partial charge in [0.05, 0.1) is 17.2 Å². The van der Waals surface area contributed by atoms with Gasteiger partial charge in [0.1, 0.15) is 5.82 Å². The van der Waals surface area contributed by atoms with Crippen molar-refractivity contribution in [2.45, 2.75) is 19.8 Å². The van der Waals surface area contributed by atoms with E-state index >= 15 is 0 Å². The molecule has 16 heavy (non-hydrogen) atoms. The van der Waals surface area contributed by atoms with Gasteiger partial charge in [-0.3, -0.25) is 4.98 Å². The first-order chi connectivity index (χ1) is 7.74. The first-order valence-corrected chi connectivity index (χ1v) is 5.71. The zero-order valence-electron chi connectivity index (χ0n) is 10.1. The van der Waals surface area contributed by atoms with Crippen LogP contribution < -0.4 is 5.32 Å². The SMILES string of the molecule is CCNCC(C)c1nc2ccncc2n1C. The highest BCUT2D eigenvalue weighted by molar-refractivity contribution is 5.74. The van der Waals surface area contributed by atoms with Gasteiger partial charge in [0.2, 0.25) is 0 Å². The van der Waals surface area contributed by atoms with E-state index < -0.39 is 0 Å².